The predicted octanol–water partition coefficient (Wildman–Crippen LogP) is 1.57. The fourth-order valence-corrected chi connectivity index (χ4v) is 1.83. The number of rotatable bonds is 5. The van der Waals surface area contributed by atoms with Crippen LogP contribution < -0.4 is 11.1 Å². The van der Waals surface area contributed by atoms with E-state index in [1.165, 1.54) is 0 Å². The molecule has 3 N–H and O–H groups in total. The first kappa shape index (κ1) is 12.1. The molecule has 0 saturated carbocycles. The molecule has 0 bridgehead atoms. The van der Waals surface area contributed by atoms with Gasteiger partial charge in [0, 0.05) is 18.4 Å². The molecule has 1 aromatic heterocycles. The molecule has 0 aliphatic rings. The van der Waals surface area contributed by atoms with Crippen LogP contribution in [0.1, 0.15) is 25.5 Å². The third kappa shape index (κ3) is 3.29. The molecule has 15 heavy (non-hydrogen) atoms. The summed E-state index contributed by atoms with van der Waals surface area (Å²) in [5.74, 6) is 1.01. The smallest absolute Gasteiger partial charge is 0.0353 e. The van der Waals surface area contributed by atoms with Gasteiger partial charge in [-0.25, -0.2) is 0 Å². The van der Waals surface area contributed by atoms with Crippen LogP contribution in [-0.2, 0) is 0 Å². The normalized spacial score (nSPS) is 15.3. The van der Waals surface area contributed by atoms with E-state index in [1.54, 1.807) is 6.20 Å². The highest BCUT2D eigenvalue weighted by atomic mass is 14.8. The second-order valence-electron chi connectivity index (χ2n) is 4.28. The fraction of sp³-hybridized carbons (Fsp3) is 0.583. The highest BCUT2D eigenvalue weighted by Gasteiger charge is 2.21. The Morgan fingerprint density at radius 2 is 2.20 bits per heavy atom. The molecule has 2 unspecified atom stereocenters. The Balaban J connectivity index is 2.76. The van der Waals surface area contributed by atoms with E-state index < -0.39 is 0 Å². The topological polar surface area (TPSA) is 50.9 Å². The van der Waals surface area contributed by atoms with Crippen molar-refractivity contribution in [3.8, 4) is 0 Å². The molecule has 0 aliphatic carbocycles. The monoisotopic (exact) mass is 207 g/mol. The Morgan fingerprint density at radius 1 is 1.47 bits per heavy atom. The average molecular weight is 207 g/mol. The zero-order valence-corrected chi connectivity index (χ0v) is 9.77. The van der Waals surface area contributed by atoms with Crippen molar-refractivity contribution in [1.82, 2.24) is 10.3 Å². The van der Waals surface area contributed by atoms with E-state index in [0.29, 0.717) is 11.8 Å². The molecule has 3 heteroatoms. The molecular formula is C12H21N3. The van der Waals surface area contributed by atoms with Gasteiger partial charge in [-0.05, 0) is 37.1 Å². The molecule has 0 aromatic carbocycles. The first-order chi connectivity index (χ1) is 7.16. The van der Waals surface area contributed by atoms with Gasteiger partial charge in [-0.3, -0.25) is 4.98 Å². The van der Waals surface area contributed by atoms with Crippen LogP contribution in [0.2, 0.25) is 0 Å². The van der Waals surface area contributed by atoms with Gasteiger partial charge in [-0.2, -0.15) is 0 Å². The number of pyridine rings is 1. The van der Waals surface area contributed by atoms with Crippen LogP contribution >= 0.6 is 0 Å². The lowest BCUT2D eigenvalue weighted by Crippen LogP contribution is -2.33. The van der Waals surface area contributed by atoms with Crippen LogP contribution in [0.25, 0.3) is 0 Å². The fourth-order valence-electron chi connectivity index (χ4n) is 1.83. The van der Waals surface area contributed by atoms with Crippen LogP contribution in [0.3, 0.4) is 0 Å². The Bertz CT molecular complexity index is 271. The number of hydrogen-bond acceptors (Lipinski definition) is 3. The van der Waals surface area contributed by atoms with Crippen LogP contribution in [0.5, 0.6) is 0 Å². The van der Waals surface area contributed by atoms with Gasteiger partial charge >= 0.3 is 0 Å². The van der Waals surface area contributed by atoms with Crippen LogP contribution in [0.4, 0.5) is 0 Å². The van der Waals surface area contributed by atoms with Crippen molar-refractivity contribution in [1.29, 1.82) is 0 Å². The summed E-state index contributed by atoms with van der Waals surface area (Å²) in [6.07, 6.45) is 3.63. The van der Waals surface area contributed by atoms with Gasteiger partial charge in [0.25, 0.3) is 0 Å². The Hall–Kier alpha value is -0.930. The summed E-state index contributed by atoms with van der Waals surface area (Å²) >= 11 is 0. The molecular weight excluding hydrogens is 186 g/mol. The number of nitrogens with two attached hydrogens (primary N) is 1. The van der Waals surface area contributed by atoms with Crippen LogP contribution in [0, 0.1) is 11.8 Å². The lowest BCUT2D eigenvalue weighted by atomic mass is 9.85. The SMILES string of the molecule is CNCC(C(C)C)C(N)c1cccnc1. The van der Waals surface area contributed by atoms with E-state index in [1.807, 2.05) is 25.4 Å². The second-order valence-corrected chi connectivity index (χ2v) is 4.28. The van der Waals surface area contributed by atoms with Crippen LogP contribution in [0.15, 0.2) is 24.5 Å². The van der Waals surface area contributed by atoms with Gasteiger partial charge in [-0.1, -0.05) is 19.9 Å². The standard InChI is InChI=1S/C12H21N3/c1-9(2)11(8-14-3)12(13)10-5-4-6-15-7-10/h4-7,9,11-12,14H,8,13H2,1-3H3. The third-order valence-corrected chi connectivity index (χ3v) is 2.83. The van der Waals surface area contributed by atoms with Gasteiger partial charge in [0.15, 0.2) is 0 Å². The molecule has 0 radical (unpaired) electrons. The maximum Gasteiger partial charge on any atom is 0.0353 e. The average Bonchev–Trinajstić information content (AvgIpc) is 2.26. The quantitative estimate of drug-likeness (QED) is 0.770. The summed E-state index contributed by atoms with van der Waals surface area (Å²) in [6, 6.07) is 4.04. The predicted molar refractivity (Wildman–Crippen MR) is 63.4 cm³/mol. The van der Waals surface area contributed by atoms with Gasteiger partial charge in [0.1, 0.15) is 0 Å². The zero-order chi connectivity index (χ0) is 11.3. The molecule has 0 spiro atoms. The van der Waals surface area contributed by atoms with Crippen molar-refractivity contribution < 1.29 is 0 Å². The van der Waals surface area contributed by atoms with E-state index >= 15 is 0 Å². The van der Waals surface area contributed by atoms with Crippen molar-refractivity contribution in [3.63, 3.8) is 0 Å². The summed E-state index contributed by atoms with van der Waals surface area (Å²) in [5, 5.41) is 3.20. The van der Waals surface area contributed by atoms with Gasteiger partial charge in [0.2, 0.25) is 0 Å². The van der Waals surface area contributed by atoms with E-state index in [0.717, 1.165) is 12.1 Å². The maximum absolute atomic E-state index is 6.25. The first-order valence-corrected chi connectivity index (χ1v) is 5.47. The van der Waals surface area contributed by atoms with E-state index in [2.05, 4.69) is 24.1 Å². The van der Waals surface area contributed by atoms with Crippen molar-refractivity contribution in [2.24, 2.45) is 17.6 Å². The molecule has 3 nitrogen and oxygen atoms in total. The van der Waals surface area contributed by atoms with Crippen molar-refractivity contribution in [2.75, 3.05) is 13.6 Å². The van der Waals surface area contributed by atoms with Crippen LogP contribution in [-0.4, -0.2) is 18.6 Å². The number of nitrogens with zero attached hydrogens (tertiary/aromatic N) is 1. The molecule has 2 atom stereocenters. The minimum absolute atomic E-state index is 0.0612. The van der Waals surface area contributed by atoms with Gasteiger partial charge in [0.05, 0.1) is 0 Å². The Morgan fingerprint density at radius 3 is 2.67 bits per heavy atom. The minimum atomic E-state index is 0.0612. The molecule has 0 saturated heterocycles. The van der Waals surface area contributed by atoms with Crippen molar-refractivity contribution in [3.05, 3.63) is 30.1 Å². The molecule has 0 amide bonds. The number of nitrogens with one attached hydrogen (secondary N) is 1. The van der Waals surface area contributed by atoms with E-state index in [-0.39, 0.29) is 6.04 Å². The number of aromatic nitrogens is 1. The van der Waals surface area contributed by atoms with E-state index in [9.17, 15) is 0 Å². The maximum atomic E-state index is 6.25. The largest absolute Gasteiger partial charge is 0.324 e. The number of hydrogen-bond donors (Lipinski definition) is 2. The highest BCUT2D eigenvalue weighted by Crippen LogP contribution is 2.24. The molecule has 0 fully saturated rings. The molecule has 84 valence electrons. The second kappa shape index (κ2) is 5.83. The molecule has 1 rings (SSSR count). The summed E-state index contributed by atoms with van der Waals surface area (Å²) in [5.41, 5.74) is 7.36. The first-order valence-electron chi connectivity index (χ1n) is 5.47. The third-order valence-electron chi connectivity index (χ3n) is 2.83. The zero-order valence-electron chi connectivity index (χ0n) is 9.77. The summed E-state index contributed by atoms with van der Waals surface area (Å²) in [7, 11) is 1.96. The minimum Gasteiger partial charge on any atom is -0.324 e. The Kier molecular flexibility index (Phi) is 4.72. The van der Waals surface area contributed by atoms with Crippen molar-refractivity contribution >= 4 is 0 Å². The van der Waals surface area contributed by atoms with Gasteiger partial charge in [-0.15, -0.1) is 0 Å². The lowest BCUT2D eigenvalue weighted by molar-refractivity contribution is 0.314. The molecule has 0 aliphatic heterocycles. The molecule has 1 aromatic rings. The van der Waals surface area contributed by atoms with Gasteiger partial charge < -0.3 is 11.1 Å². The Labute approximate surface area is 92.1 Å². The van der Waals surface area contributed by atoms with Crippen molar-refractivity contribution in [2.45, 2.75) is 19.9 Å². The summed E-state index contributed by atoms with van der Waals surface area (Å²) in [4.78, 5) is 4.11. The summed E-state index contributed by atoms with van der Waals surface area (Å²) in [6.45, 7) is 5.35. The summed E-state index contributed by atoms with van der Waals surface area (Å²) < 4.78 is 0. The van der Waals surface area contributed by atoms with E-state index in [4.69, 9.17) is 5.73 Å². The highest BCUT2D eigenvalue weighted by molar-refractivity contribution is 5.14. The molecule has 1 heterocycles. The lowest BCUT2D eigenvalue weighted by Gasteiger charge is -2.27.